The topological polar surface area (TPSA) is 36.9 Å². The van der Waals surface area contributed by atoms with Gasteiger partial charge in [0.05, 0.1) is 0 Å². The van der Waals surface area contributed by atoms with Gasteiger partial charge in [-0.15, -0.1) is 11.6 Å². The largest absolute Gasteiger partial charge is 0.397 e. The zero-order chi connectivity index (χ0) is 12.8. The summed E-state index contributed by atoms with van der Waals surface area (Å²) in [7, 11) is 4.30. The Hall–Kier alpha value is 0.347. The quantitative estimate of drug-likeness (QED) is 0.382. The first-order valence-electron chi connectivity index (χ1n) is 5.33. The van der Waals surface area contributed by atoms with Gasteiger partial charge in [-0.2, -0.15) is 0 Å². The van der Waals surface area contributed by atoms with Crippen molar-refractivity contribution in [2.75, 3.05) is 28.4 Å². The third-order valence-corrected chi connectivity index (χ3v) is 6.16. The van der Waals surface area contributed by atoms with Crippen molar-refractivity contribution < 1.29 is 18.3 Å². The molecule has 6 heteroatoms. The van der Waals surface area contributed by atoms with Crippen molar-refractivity contribution in [2.45, 2.75) is 31.1 Å². The molecule has 0 N–H and O–H groups in total. The molecule has 0 aliphatic heterocycles. The molecule has 0 radical (unpaired) electrons. The first kappa shape index (κ1) is 16.3. The van der Waals surface area contributed by atoms with Crippen molar-refractivity contribution in [1.82, 2.24) is 0 Å². The smallest absolute Gasteiger partial charge is 0.383 e. The average molecular weight is 271 g/mol. The van der Waals surface area contributed by atoms with E-state index in [4.69, 9.17) is 29.9 Å². The molecule has 0 bridgehead atoms. The highest BCUT2D eigenvalue weighted by Gasteiger charge is 2.50. The second kappa shape index (κ2) is 7.63. The van der Waals surface area contributed by atoms with Crippen LogP contribution in [-0.4, -0.2) is 48.5 Å². The van der Waals surface area contributed by atoms with Crippen molar-refractivity contribution in [3.05, 3.63) is 0 Å². The van der Waals surface area contributed by atoms with Crippen LogP contribution >= 0.6 is 11.6 Å². The average Bonchev–Trinajstić information content (AvgIpc) is 2.34. The Morgan fingerprint density at radius 2 is 1.56 bits per heavy atom. The highest BCUT2D eigenvalue weighted by atomic mass is 35.5. The van der Waals surface area contributed by atoms with E-state index in [0.29, 0.717) is 0 Å². The molecule has 0 aliphatic carbocycles. The van der Waals surface area contributed by atoms with Crippen molar-refractivity contribution in [1.29, 1.82) is 0 Å². The normalized spacial score (nSPS) is 16.5. The molecule has 0 aromatic carbocycles. The summed E-state index contributed by atoms with van der Waals surface area (Å²) in [5.41, 5.74) is -0.855. The van der Waals surface area contributed by atoms with Gasteiger partial charge >= 0.3 is 9.28 Å². The molecule has 0 spiro atoms. The predicted molar refractivity (Wildman–Crippen MR) is 67.0 cm³/mol. The minimum atomic E-state index is -2.10. The molecule has 0 heterocycles. The Bertz CT molecular complexity index is 186. The predicted octanol–water partition coefficient (Wildman–Crippen LogP) is 1.68. The standard InChI is InChI=1S/C10H23ClO4Si/c1-7-9(11)8(2)10(12-3,13-4)16(14-5)15-6/h8-9,16H,7H2,1-6H3. The second-order valence-electron chi connectivity index (χ2n) is 3.65. The van der Waals surface area contributed by atoms with E-state index in [0.717, 1.165) is 6.42 Å². The molecule has 0 aromatic heterocycles. The molecule has 0 aliphatic rings. The third-order valence-electron chi connectivity index (χ3n) is 2.96. The fourth-order valence-corrected chi connectivity index (χ4v) is 4.09. The van der Waals surface area contributed by atoms with Gasteiger partial charge in [-0.05, 0) is 6.42 Å². The lowest BCUT2D eigenvalue weighted by Gasteiger charge is -2.40. The van der Waals surface area contributed by atoms with Crippen LogP contribution in [-0.2, 0) is 18.3 Å². The Balaban J connectivity index is 5.05. The third kappa shape index (κ3) is 3.18. The van der Waals surface area contributed by atoms with Gasteiger partial charge in [-0.25, -0.2) is 0 Å². The molecule has 0 aromatic rings. The van der Waals surface area contributed by atoms with E-state index >= 15 is 0 Å². The first-order chi connectivity index (χ1) is 7.53. The molecule has 4 nitrogen and oxygen atoms in total. The molecule has 16 heavy (non-hydrogen) atoms. The highest BCUT2D eigenvalue weighted by molar-refractivity contribution is 6.48. The Labute approximate surface area is 105 Å². The minimum absolute atomic E-state index is 0.00858. The van der Waals surface area contributed by atoms with Crippen LogP contribution < -0.4 is 0 Å². The van der Waals surface area contributed by atoms with Crippen LogP contribution in [0.5, 0.6) is 0 Å². The van der Waals surface area contributed by atoms with E-state index in [1.54, 1.807) is 28.4 Å². The van der Waals surface area contributed by atoms with E-state index in [9.17, 15) is 0 Å². The van der Waals surface area contributed by atoms with E-state index in [1.165, 1.54) is 0 Å². The number of halogens is 1. The zero-order valence-electron chi connectivity index (χ0n) is 11.0. The van der Waals surface area contributed by atoms with Crippen molar-refractivity contribution in [2.24, 2.45) is 5.92 Å². The fraction of sp³-hybridized carbons (Fsp3) is 1.00. The maximum atomic E-state index is 6.27. The summed E-state index contributed by atoms with van der Waals surface area (Å²) >= 11 is 6.27. The molecule has 0 saturated carbocycles. The lowest BCUT2D eigenvalue weighted by Crippen LogP contribution is -2.58. The summed E-state index contributed by atoms with van der Waals surface area (Å²) in [4.78, 5) is 0. The maximum absolute atomic E-state index is 6.27. The van der Waals surface area contributed by atoms with Gasteiger partial charge in [0.25, 0.3) is 0 Å². The van der Waals surface area contributed by atoms with Gasteiger partial charge in [-0.3, -0.25) is 0 Å². The molecular formula is C10H23ClO4Si. The molecule has 0 amide bonds. The van der Waals surface area contributed by atoms with Crippen molar-refractivity contribution >= 4 is 20.9 Å². The van der Waals surface area contributed by atoms with Crippen molar-refractivity contribution in [3.63, 3.8) is 0 Å². The van der Waals surface area contributed by atoms with Gasteiger partial charge < -0.3 is 18.3 Å². The zero-order valence-corrected chi connectivity index (χ0v) is 12.9. The van der Waals surface area contributed by atoms with Gasteiger partial charge in [0.15, 0.2) is 0 Å². The second-order valence-corrected chi connectivity index (χ2v) is 6.62. The number of methoxy groups -OCH3 is 2. The summed E-state index contributed by atoms with van der Waals surface area (Å²) in [6, 6.07) is 0. The number of hydrogen-bond acceptors (Lipinski definition) is 4. The fourth-order valence-electron chi connectivity index (χ4n) is 1.89. The summed E-state index contributed by atoms with van der Waals surface area (Å²) in [5, 5.41) is -0.0415. The molecule has 2 atom stereocenters. The first-order valence-corrected chi connectivity index (χ1v) is 7.29. The van der Waals surface area contributed by atoms with Gasteiger partial charge in [0.1, 0.15) is 0 Å². The van der Waals surface area contributed by atoms with E-state index in [2.05, 4.69) is 0 Å². The summed E-state index contributed by atoms with van der Waals surface area (Å²) in [6.07, 6.45) is 0.839. The van der Waals surface area contributed by atoms with Crippen LogP contribution in [0.25, 0.3) is 0 Å². The molecular weight excluding hydrogens is 248 g/mol. The maximum Gasteiger partial charge on any atom is 0.383 e. The van der Waals surface area contributed by atoms with E-state index < -0.39 is 14.7 Å². The molecule has 0 saturated heterocycles. The molecule has 2 unspecified atom stereocenters. The number of hydrogen-bond donors (Lipinski definition) is 0. The lowest BCUT2D eigenvalue weighted by atomic mass is 10.0. The minimum Gasteiger partial charge on any atom is -0.397 e. The van der Waals surface area contributed by atoms with Gasteiger partial charge in [-0.1, -0.05) is 13.8 Å². The Kier molecular flexibility index (Phi) is 7.80. The summed E-state index contributed by atoms with van der Waals surface area (Å²) in [5.74, 6) is -0.00858. The van der Waals surface area contributed by atoms with E-state index in [-0.39, 0.29) is 11.3 Å². The summed E-state index contributed by atoms with van der Waals surface area (Å²) < 4.78 is 21.8. The van der Waals surface area contributed by atoms with Crippen LogP contribution in [0.3, 0.4) is 0 Å². The van der Waals surface area contributed by atoms with E-state index in [1.807, 2.05) is 13.8 Å². The number of rotatable bonds is 8. The van der Waals surface area contributed by atoms with Gasteiger partial charge in [0.2, 0.25) is 5.41 Å². The number of alkyl halides is 1. The highest BCUT2D eigenvalue weighted by Crippen LogP contribution is 2.32. The molecule has 0 rings (SSSR count). The number of ether oxygens (including phenoxy) is 2. The molecule has 0 fully saturated rings. The SMILES string of the molecule is CCC(Cl)C(C)C(OC)(OC)[SiH](OC)OC. The lowest BCUT2D eigenvalue weighted by molar-refractivity contribution is -0.196. The van der Waals surface area contributed by atoms with Crippen LogP contribution in [0.1, 0.15) is 20.3 Å². The van der Waals surface area contributed by atoms with Crippen LogP contribution in [0.2, 0.25) is 0 Å². The van der Waals surface area contributed by atoms with Gasteiger partial charge in [0, 0.05) is 39.7 Å². The van der Waals surface area contributed by atoms with Crippen LogP contribution in [0, 0.1) is 5.92 Å². The van der Waals surface area contributed by atoms with Crippen molar-refractivity contribution in [3.8, 4) is 0 Å². The Morgan fingerprint density at radius 3 is 1.81 bits per heavy atom. The van der Waals surface area contributed by atoms with Crippen LogP contribution in [0.15, 0.2) is 0 Å². The summed E-state index contributed by atoms with van der Waals surface area (Å²) in [6.45, 7) is 4.02. The Morgan fingerprint density at radius 1 is 1.12 bits per heavy atom. The monoisotopic (exact) mass is 270 g/mol. The molecule has 98 valence electrons. The van der Waals surface area contributed by atoms with Crippen LogP contribution in [0.4, 0.5) is 0 Å².